The van der Waals surface area contributed by atoms with Crippen LogP contribution in [-0.4, -0.2) is 18.5 Å². The molecule has 1 heterocycles. The minimum absolute atomic E-state index is 0. The summed E-state index contributed by atoms with van der Waals surface area (Å²) in [6.45, 7) is 7.43. The average molecular weight is 347 g/mol. The van der Waals surface area contributed by atoms with Crippen molar-refractivity contribution < 1.29 is 21.8 Å². The Labute approximate surface area is 149 Å². The second-order valence-corrected chi connectivity index (χ2v) is 6.67. The summed E-state index contributed by atoms with van der Waals surface area (Å²) in [6, 6.07) is 0.339. The van der Waals surface area contributed by atoms with Gasteiger partial charge in [0.1, 0.15) is 6.61 Å². The molecule has 0 spiro atoms. The van der Waals surface area contributed by atoms with Crippen LogP contribution in [0.5, 0.6) is 0 Å². The van der Waals surface area contributed by atoms with E-state index in [-0.39, 0.29) is 37.3 Å². The molecule has 0 amide bonds. The second kappa shape index (κ2) is 11.1. The van der Waals surface area contributed by atoms with E-state index in [4.69, 9.17) is 4.74 Å². The zero-order chi connectivity index (χ0) is 13.7. The molecule has 0 aromatic heterocycles. The smallest absolute Gasteiger partial charge is 0.478 e. The van der Waals surface area contributed by atoms with E-state index in [0.717, 1.165) is 12.5 Å². The van der Waals surface area contributed by atoms with E-state index in [0.29, 0.717) is 12.0 Å². The normalized spacial score (nSPS) is 25.0. The largest absolute Gasteiger partial charge is 2.00 e. The minimum atomic E-state index is 0. The van der Waals surface area contributed by atoms with Crippen LogP contribution in [0, 0.1) is 26.2 Å². The Morgan fingerprint density at radius 1 is 1.05 bits per heavy atom. The van der Waals surface area contributed by atoms with Crippen LogP contribution in [0.3, 0.4) is 0 Å². The number of ether oxygens (including phenoxy) is 1. The summed E-state index contributed by atoms with van der Waals surface area (Å²) in [5.74, 6) is 1.43. The van der Waals surface area contributed by atoms with Crippen LogP contribution in [0.15, 0.2) is 29.3 Å². The van der Waals surface area contributed by atoms with E-state index in [1.807, 2.05) is 0 Å². The van der Waals surface area contributed by atoms with Crippen molar-refractivity contribution in [3.63, 3.8) is 0 Å². The van der Waals surface area contributed by atoms with E-state index in [2.05, 4.69) is 50.1 Å². The number of allylic oxidation sites excluding steroid dienone is 3. The molecule has 0 aromatic rings. The number of rotatable bonds is 1. The molecule has 2 atom stereocenters. The molecular formula is C19H33FeNO. The molecule has 0 N–H and O–H groups in total. The Balaban J connectivity index is 0. The predicted molar refractivity (Wildman–Crippen MR) is 94.3 cm³/mol. The van der Waals surface area contributed by atoms with Gasteiger partial charge in [-0.05, 0) is 37.5 Å². The summed E-state index contributed by atoms with van der Waals surface area (Å²) in [7, 11) is 0. The quantitative estimate of drug-likeness (QED) is 0.353. The Morgan fingerprint density at radius 3 is 2.05 bits per heavy atom. The first kappa shape index (κ1) is 23.7. The molecule has 1 unspecified atom stereocenters. The molecule has 2 nitrogen and oxygen atoms in total. The van der Waals surface area contributed by atoms with Gasteiger partial charge in [-0.3, -0.25) is 0 Å². The Kier molecular flexibility index (Phi) is 11.9. The molecular weight excluding hydrogens is 314 g/mol. The zero-order valence-electron chi connectivity index (χ0n) is 14.9. The van der Waals surface area contributed by atoms with Crippen LogP contribution in [0.4, 0.5) is 0 Å². The number of hydrogen-bond donors (Lipinski definition) is 0. The molecule has 1 aliphatic heterocycles. The van der Waals surface area contributed by atoms with Crippen LogP contribution >= 0.6 is 0 Å². The van der Waals surface area contributed by atoms with Gasteiger partial charge in [0.25, 0.3) is 0 Å². The molecule has 0 fully saturated rings. The van der Waals surface area contributed by atoms with Gasteiger partial charge in [0.05, 0.1) is 12.0 Å². The van der Waals surface area contributed by atoms with Crippen molar-refractivity contribution in [2.45, 2.75) is 58.9 Å². The molecule has 0 bridgehead atoms. The fraction of sp³-hybridized carbons (Fsp3) is 0.632. The van der Waals surface area contributed by atoms with Crippen molar-refractivity contribution in [2.75, 3.05) is 6.61 Å². The van der Waals surface area contributed by atoms with Gasteiger partial charge in [0, 0.05) is 0 Å². The maximum atomic E-state index is 5.67. The first-order valence-electron chi connectivity index (χ1n) is 7.59. The van der Waals surface area contributed by atoms with Crippen molar-refractivity contribution in [3.05, 3.63) is 39.2 Å². The van der Waals surface area contributed by atoms with Gasteiger partial charge in [0.15, 0.2) is 5.90 Å². The first-order chi connectivity index (χ1) is 9.07. The van der Waals surface area contributed by atoms with Gasteiger partial charge in [-0.2, -0.15) is 0 Å². The fourth-order valence-corrected chi connectivity index (χ4v) is 2.47. The maximum Gasteiger partial charge on any atom is 2.00 e. The number of hydrogen-bond acceptors (Lipinski definition) is 2. The van der Waals surface area contributed by atoms with Crippen LogP contribution < -0.4 is 0 Å². The third-order valence-corrected chi connectivity index (χ3v) is 3.91. The molecule has 3 heteroatoms. The summed E-state index contributed by atoms with van der Waals surface area (Å²) < 4.78 is 5.67. The van der Waals surface area contributed by atoms with E-state index in [9.17, 15) is 0 Å². The first-order valence-corrected chi connectivity index (χ1v) is 7.59. The SMILES string of the molecule is C1=CCCC1.CC(C)(C)[C@@H]1COC(C2C=CCC2)=N1.[CH3-].[CH3-].[Fe+2]. The molecule has 0 saturated carbocycles. The van der Waals surface area contributed by atoms with Crippen molar-refractivity contribution in [1.82, 2.24) is 0 Å². The van der Waals surface area contributed by atoms with Crippen LogP contribution in [0.2, 0.25) is 0 Å². The van der Waals surface area contributed by atoms with Crippen LogP contribution in [0.25, 0.3) is 0 Å². The molecule has 22 heavy (non-hydrogen) atoms. The summed E-state index contributed by atoms with van der Waals surface area (Å²) in [4.78, 5) is 4.68. The van der Waals surface area contributed by atoms with Gasteiger partial charge < -0.3 is 19.6 Å². The van der Waals surface area contributed by atoms with Crippen molar-refractivity contribution in [3.8, 4) is 0 Å². The van der Waals surface area contributed by atoms with Gasteiger partial charge in [0.2, 0.25) is 0 Å². The van der Waals surface area contributed by atoms with Crippen LogP contribution in [-0.2, 0) is 21.8 Å². The van der Waals surface area contributed by atoms with Crippen LogP contribution in [0.1, 0.15) is 52.9 Å². The maximum absolute atomic E-state index is 5.67. The van der Waals surface area contributed by atoms with Gasteiger partial charge in [-0.1, -0.05) is 45.1 Å². The summed E-state index contributed by atoms with van der Waals surface area (Å²) in [5, 5.41) is 0. The minimum Gasteiger partial charge on any atom is -0.478 e. The summed E-state index contributed by atoms with van der Waals surface area (Å²) in [6.07, 6.45) is 15.3. The molecule has 0 radical (unpaired) electrons. The van der Waals surface area contributed by atoms with Crippen molar-refractivity contribution >= 4 is 5.90 Å². The zero-order valence-corrected chi connectivity index (χ0v) is 16.0. The van der Waals surface area contributed by atoms with E-state index in [1.54, 1.807) is 0 Å². The Hall–Kier alpha value is -0.531. The third kappa shape index (κ3) is 7.15. The van der Waals surface area contributed by atoms with Gasteiger partial charge in [-0.25, -0.2) is 4.99 Å². The summed E-state index contributed by atoms with van der Waals surface area (Å²) >= 11 is 0. The Morgan fingerprint density at radius 2 is 1.68 bits per heavy atom. The molecule has 2 aliphatic carbocycles. The van der Waals surface area contributed by atoms with E-state index in [1.165, 1.54) is 32.1 Å². The number of aliphatic imine (C=N–C) groups is 1. The van der Waals surface area contributed by atoms with Crippen molar-refractivity contribution in [2.24, 2.45) is 16.3 Å². The second-order valence-electron chi connectivity index (χ2n) is 6.67. The molecule has 128 valence electrons. The van der Waals surface area contributed by atoms with E-state index < -0.39 is 0 Å². The topological polar surface area (TPSA) is 21.6 Å². The molecule has 3 rings (SSSR count). The predicted octanol–water partition coefficient (Wildman–Crippen LogP) is 5.42. The summed E-state index contributed by atoms with van der Waals surface area (Å²) in [5.41, 5.74) is 0.226. The number of nitrogens with zero attached hydrogens (tertiary/aromatic N) is 1. The monoisotopic (exact) mass is 347 g/mol. The average Bonchev–Trinajstić information content (AvgIpc) is 3.13. The van der Waals surface area contributed by atoms with Crippen molar-refractivity contribution in [1.29, 1.82) is 0 Å². The van der Waals surface area contributed by atoms with Gasteiger partial charge in [-0.15, -0.1) is 0 Å². The van der Waals surface area contributed by atoms with E-state index >= 15 is 0 Å². The molecule has 0 aromatic carbocycles. The third-order valence-electron chi connectivity index (χ3n) is 3.91. The molecule has 0 saturated heterocycles. The van der Waals surface area contributed by atoms with Gasteiger partial charge >= 0.3 is 17.1 Å². The fourth-order valence-electron chi connectivity index (χ4n) is 2.47. The molecule has 3 aliphatic rings. The Bertz CT molecular complexity index is 373. The standard InChI is InChI=1S/C12H19NO.C5H8.2CH3.Fe/c1-12(2,3)10-8-14-11(13-10)9-6-4-5-7-9;1-2-4-5-3-1;;;/h4,6,9-10H,5,7-8H2,1-3H3;1-2H,3-5H2;2*1H3;/q;;2*-1;+2/t9?,10-;;;;/m0..../s1.